The lowest BCUT2D eigenvalue weighted by atomic mass is 9.91. The zero-order valence-corrected chi connectivity index (χ0v) is 9.76. The average molecular weight is 215 g/mol. The van der Waals surface area contributed by atoms with Crippen LogP contribution in [0.4, 0.5) is 0 Å². The largest absolute Gasteiger partial charge is 0.400 e. The summed E-state index contributed by atoms with van der Waals surface area (Å²) in [6.07, 6.45) is 3.21. The van der Waals surface area contributed by atoms with Crippen molar-refractivity contribution in [2.45, 2.75) is 13.0 Å². The lowest BCUT2D eigenvalue weighted by Gasteiger charge is -2.26. The predicted octanol–water partition coefficient (Wildman–Crippen LogP) is 1.55. The summed E-state index contributed by atoms with van der Waals surface area (Å²) in [5.74, 6) is 0. The summed E-state index contributed by atoms with van der Waals surface area (Å²) in [7, 11) is 6.80. The van der Waals surface area contributed by atoms with Crippen LogP contribution in [-0.4, -0.2) is 38.1 Å². The molecule has 1 aromatic carbocycles. The Kier molecular flexibility index (Phi) is 5.90. The van der Waals surface area contributed by atoms with Crippen molar-refractivity contribution in [3.8, 4) is 0 Å². The fourth-order valence-electron chi connectivity index (χ4n) is 1.81. The minimum absolute atomic E-state index is 0.912. The van der Waals surface area contributed by atoms with E-state index in [2.05, 4.69) is 35.2 Å². The van der Waals surface area contributed by atoms with Gasteiger partial charge in [-0.3, -0.25) is 4.90 Å². The first-order chi connectivity index (χ1) is 7.84. The van der Waals surface area contributed by atoms with E-state index in [1.807, 2.05) is 6.07 Å². The summed E-state index contributed by atoms with van der Waals surface area (Å²) in [6.45, 7) is 3.04. The number of hydrogen-bond acceptors (Lipinski definition) is 2. The van der Waals surface area contributed by atoms with Gasteiger partial charge in [0.1, 0.15) is 7.85 Å². The molecular weight excluding hydrogens is 197 g/mol. The molecule has 3 heteroatoms. The first kappa shape index (κ1) is 13.0. The van der Waals surface area contributed by atoms with E-state index in [0.29, 0.717) is 0 Å². The molecule has 1 aromatic rings. The third-order valence-electron chi connectivity index (χ3n) is 2.51. The van der Waals surface area contributed by atoms with Crippen LogP contribution in [0.25, 0.3) is 0 Å². The Bertz CT molecular complexity index is 324. The smallest absolute Gasteiger partial charge is 0.109 e. The van der Waals surface area contributed by atoms with Crippen LogP contribution in [0.5, 0.6) is 0 Å². The molecule has 2 nitrogen and oxygen atoms in total. The normalized spacial score (nSPS) is 16.0. The maximum atomic E-state index is 7.00. The van der Waals surface area contributed by atoms with Crippen molar-refractivity contribution in [1.82, 2.24) is 4.90 Å². The molecule has 0 aromatic heterocycles. The highest BCUT2D eigenvalue weighted by Gasteiger charge is 2.09. The second kappa shape index (κ2) is 7.26. The Morgan fingerprint density at radius 3 is 2.56 bits per heavy atom. The van der Waals surface area contributed by atoms with Gasteiger partial charge in [0.05, 0.1) is 0 Å². The highest BCUT2D eigenvalue weighted by atomic mass is 16.2. The molecular formula is C13H18BNO. The Morgan fingerprint density at radius 1 is 1.25 bits per heavy atom. The van der Waals surface area contributed by atoms with Crippen molar-refractivity contribution >= 4 is 7.85 Å². The van der Waals surface area contributed by atoms with E-state index in [1.165, 1.54) is 5.56 Å². The Morgan fingerprint density at radius 2 is 1.94 bits per heavy atom. The van der Waals surface area contributed by atoms with E-state index in [0.717, 1.165) is 38.6 Å². The van der Waals surface area contributed by atoms with Gasteiger partial charge in [-0.25, -0.2) is 0 Å². The molecule has 0 saturated heterocycles. The minimum atomic E-state index is 0.912. The maximum Gasteiger partial charge on any atom is 0.109 e. The number of rotatable bonds is 2. The number of benzene rings is 1. The van der Waals surface area contributed by atoms with Gasteiger partial charge in [-0.2, -0.15) is 0 Å². The van der Waals surface area contributed by atoms with Crippen LogP contribution in [0.3, 0.4) is 0 Å². The van der Waals surface area contributed by atoms with Crippen molar-refractivity contribution in [1.29, 1.82) is 0 Å². The minimum Gasteiger partial charge on any atom is -0.400 e. The molecule has 0 bridgehead atoms. The molecule has 0 spiro atoms. The molecule has 1 aliphatic heterocycles. The monoisotopic (exact) mass is 215 g/mol. The number of aliphatic hydroxyl groups is 1. The fraction of sp³-hybridized carbons (Fsp3) is 0.385. The fourth-order valence-corrected chi connectivity index (χ4v) is 1.81. The van der Waals surface area contributed by atoms with Gasteiger partial charge in [-0.1, -0.05) is 36.4 Å². The molecule has 2 radical (unpaired) electrons. The zero-order chi connectivity index (χ0) is 11.8. The molecule has 0 unspecified atom stereocenters. The van der Waals surface area contributed by atoms with Crippen LogP contribution in [-0.2, 0) is 6.54 Å². The van der Waals surface area contributed by atoms with Crippen molar-refractivity contribution in [3.05, 3.63) is 47.4 Å². The third-order valence-corrected chi connectivity index (χ3v) is 2.51. The highest BCUT2D eigenvalue weighted by Crippen LogP contribution is 2.11. The van der Waals surface area contributed by atoms with Crippen molar-refractivity contribution in [2.75, 3.05) is 20.2 Å². The lowest BCUT2D eigenvalue weighted by molar-refractivity contribution is 0.287. The highest BCUT2D eigenvalue weighted by molar-refractivity contribution is 6.21. The lowest BCUT2D eigenvalue weighted by Crippen LogP contribution is -2.29. The predicted molar refractivity (Wildman–Crippen MR) is 68.3 cm³/mol. The molecule has 2 rings (SSSR count). The van der Waals surface area contributed by atoms with Gasteiger partial charge in [0.25, 0.3) is 0 Å². The van der Waals surface area contributed by atoms with Crippen LogP contribution in [0.1, 0.15) is 12.0 Å². The quantitative estimate of drug-likeness (QED) is 0.756. The molecule has 84 valence electrons. The number of nitrogens with zero attached hydrogens (tertiary/aromatic N) is 1. The summed E-state index contributed by atoms with van der Waals surface area (Å²) in [6, 6.07) is 10.5. The first-order valence-corrected chi connectivity index (χ1v) is 5.50. The van der Waals surface area contributed by atoms with Gasteiger partial charge in [0.2, 0.25) is 0 Å². The molecule has 0 fully saturated rings. The van der Waals surface area contributed by atoms with Crippen LogP contribution in [0, 0.1) is 0 Å². The summed E-state index contributed by atoms with van der Waals surface area (Å²) in [4.78, 5) is 2.38. The SMILES string of the molecule is CO.[B]C1=CCCN(Cc2ccccc2)C1. The molecule has 1 N–H and O–H groups in total. The zero-order valence-electron chi connectivity index (χ0n) is 9.76. The molecule has 0 aliphatic carbocycles. The van der Waals surface area contributed by atoms with Crippen molar-refractivity contribution < 1.29 is 5.11 Å². The van der Waals surface area contributed by atoms with Gasteiger partial charge in [0.15, 0.2) is 0 Å². The molecule has 1 aliphatic rings. The Hall–Kier alpha value is -1.06. The van der Waals surface area contributed by atoms with Crippen molar-refractivity contribution in [2.24, 2.45) is 0 Å². The summed E-state index contributed by atoms with van der Waals surface area (Å²) >= 11 is 0. The van der Waals surface area contributed by atoms with Gasteiger partial charge < -0.3 is 5.11 Å². The van der Waals surface area contributed by atoms with E-state index < -0.39 is 0 Å². The molecule has 0 saturated carbocycles. The van der Waals surface area contributed by atoms with E-state index in [-0.39, 0.29) is 0 Å². The average Bonchev–Trinajstić information content (AvgIpc) is 2.33. The van der Waals surface area contributed by atoms with Gasteiger partial charge in [-0.15, -0.1) is 5.47 Å². The van der Waals surface area contributed by atoms with E-state index >= 15 is 0 Å². The van der Waals surface area contributed by atoms with Crippen molar-refractivity contribution in [3.63, 3.8) is 0 Å². The molecule has 16 heavy (non-hydrogen) atoms. The van der Waals surface area contributed by atoms with Crippen LogP contribution in [0.2, 0.25) is 0 Å². The number of hydrogen-bond donors (Lipinski definition) is 1. The Labute approximate surface area is 99.0 Å². The topological polar surface area (TPSA) is 23.5 Å². The van der Waals surface area contributed by atoms with Crippen LogP contribution < -0.4 is 0 Å². The summed E-state index contributed by atoms with van der Waals surface area (Å²) < 4.78 is 0. The van der Waals surface area contributed by atoms with Gasteiger partial charge >= 0.3 is 0 Å². The van der Waals surface area contributed by atoms with E-state index in [9.17, 15) is 0 Å². The second-order valence-corrected chi connectivity index (χ2v) is 3.76. The first-order valence-electron chi connectivity index (χ1n) is 5.50. The van der Waals surface area contributed by atoms with Crippen LogP contribution >= 0.6 is 0 Å². The third kappa shape index (κ3) is 4.21. The summed E-state index contributed by atoms with van der Waals surface area (Å²) in [5, 5.41) is 7.00. The van der Waals surface area contributed by atoms with Gasteiger partial charge in [0, 0.05) is 26.7 Å². The van der Waals surface area contributed by atoms with E-state index in [1.54, 1.807) is 0 Å². The molecule has 1 heterocycles. The van der Waals surface area contributed by atoms with Crippen LogP contribution in [0.15, 0.2) is 41.9 Å². The number of aliphatic hydroxyl groups excluding tert-OH is 1. The molecule has 0 amide bonds. The maximum absolute atomic E-state index is 7.00. The van der Waals surface area contributed by atoms with Gasteiger partial charge in [-0.05, 0) is 12.0 Å². The standard InChI is InChI=1S/C12H14BN.CH4O/c13-12-7-4-8-14(10-12)9-11-5-2-1-3-6-11;1-2/h1-3,5-7H,4,8-10H2;2H,1H3. The molecule has 0 atom stereocenters. The summed E-state index contributed by atoms with van der Waals surface area (Å²) in [5.41, 5.74) is 2.37. The van der Waals surface area contributed by atoms with E-state index in [4.69, 9.17) is 13.0 Å². The second-order valence-electron chi connectivity index (χ2n) is 3.76. The Balaban J connectivity index is 0.000000606.